The molecule has 0 bridgehead atoms. The average molecular weight is 464 g/mol. The molecule has 1 aromatic carbocycles. The maximum atomic E-state index is 12.6. The number of aromatic nitrogens is 3. The van der Waals surface area contributed by atoms with Crippen LogP contribution < -0.4 is 10.6 Å². The van der Waals surface area contributed by atoms with Crippen molar-refractivity contribution in [2.75, 3.05) is 5.32 Å². The highest BCUT2D eigenvalue weighted by atomic mass is 16.4. The van der Waals surface area contributed by atoms with E-state index in [1.807, 2.05) is 25.5 Å². The quantitative estimate of drug-likeness (QED) is 0.366. The van der Waals surface area contributed by atoms with Crippen LogP contribution >= 0.6 is 0 Å². The predicted octanol–water partition coefficient (Wildman–Crippen LogP) is 4.31. The standard InChI is InChI=1S/C26H33N5O3/c1-31-17-20-16-19(12-14-22(20)30-31)25(32)29-23(26(33)34)10-6-4-2-3-5-9-21-13-11-18-8-7-15-27-24(18)28-21/h7-8,12,14-17,21,23H,2-6,9-11,13H2,1H3,(H,27,28)(H,29,32)(H,33,34)/t21?,23-/m1/s1. The van der Waals surface area contributed by atoms with Crippen molar-refractivity contribution in [2.24, 2.45) is 7.05 Å². The van der Waals surface area contributed by atoms with Gasteiger partial charge in [-0.05, 0) is 55.5 Å². The highest BCUT2D eigenvalue weighted by molar-refractivity contribution is 5.99. The Kier molecular flexibility index (Phi) is 7.77. The molecular weight excluding hydrogens is 430 g/mol. The van der Waals surface area contributed by atoms with Gasteiger partial charge in [0.1, 0.15) is 11.9 Å². The molecule has 2 aromatic heterocycles. The van der Waals surface area contributed by atoms with Gasteiger partial charge in [0.05, 0.1) is 5.52 Å². The number of fused-ring (bicyclic) bond motifs is 2. The molecule has 180 valence electrons. The molecule has 2 atom stereocenters. The van der Waals surface area contributed by atoms with Gasteiger partial charge in [0.15, 0.2) is 0 Å². The van der Waals surface area contributed by atoms with Crippen molar-refractivity contribution in [3.8, 4) is 0 Å². The smallest absolute Gasteiger partial charge is 0.326 e. The Morgan fingerprint density at radius 1 is 1.21 bits per heavy atom. The number of aliphatic carboxylic acids is 1. The normalized spacial score (nSPS) is 16.0. The first-order chi connectivity index (χ1) is 16.5. The van der Waals surface area contributed by atoms with Crippen LogP contribution in [0.5, 0.6) is 0 Å². The van der Waals surface area contributed by atoms with Crippen molar-refractivity contribution < 1.29 is 14.7 Å². The molecule has 0 saturated heterocycles. The van der Waals surface area contributed by atoms with Crippen molar-refractivity contribution in [3.63, 3.8) is 0 Å². The summed E-state index contributed by atoms with van der Waals surface area (Å²) in [5.74, 6) is -0.330. The fourth-order valence-corrected chi connectivity index (χ4v) is 4.64. The topological polar surface area (TPSA) is 109 Å². The lowest BCUT2D eigenvalue weighted by Gasteiger charge is -2.26. The summed E-state index contributed by atoms with van der Waals surface area (Å²) in [5, 5.41) is 20.9. The molecule has 1 aliphatic rings. The molecular formula is C26H33N5O3. The fraction of sp³-hybridized carbons (Fsp3) is 0.462. The molecule has 0 fully saturated rings. The number of nitrogens with zero attached hydrogens (tertiary/aromatic N) is 3. The number of carbonyl (C=O) groups is 2. The maximum absolute atomic E-state index is 12.6. The molecule has 3 heterocycles. The van der Waals surface area contributed by atoms with Gasteiger partial charge in [-0.3, -0.25) is 9.48 Å². The number of hydrogen-bond acceptors (Lipinski definition) is 5. The Balaban J connectivity index is 1.14. The number of nitrogens with one attached hydrogen (secondary N) is 2. The number of rotatable bonds is 11. The van der Waals surface area contributed by atoms with Crippen LogP contribution in [0.25, 0.3) is 10.9 Å². The van der Waals surface area contributed by atoms with E-state index < -0.39 is 12.0 Å². The number of pyridine rings is 1. The zero-order chi connectivity index (χ0) is 23.9. The number of unbranched alkanes of at least 4 members (excludes halogenated alkanes) is 4. The number of carboxylic acids is 1. The van der Waals surface area contributed by atoms with Gasteiger partial charge in [0.25, 0.3) is 5.91 Å². The van der Waals surface area contributed by atoms with E-state index in [0.29, 0.717) is 18.0 Å². The highest BCUT2D eigenvalue weighted by Crippen LogP contribution is 2.24. The molecule has 8 heteroatoms. The van der Waals surface area contributed by atoms with Crippen molar-refractivity contribution in [3.05, 3.63) is 53.9 Å². The first-order valence-corrected chi connectivity index (χ1v) is 12.2. The Bertz CT molecular complexity index is 1140. The minimum atomic E-state index is -0.993. The molecule has 0 spiro atoms. The molecule has 3 N–H and O–H groups in total. The summed E-state index contributed by atoms with van der Waals surface area (Å²) >= 11 is 0. The van der Waals surface area contributed by atoms with Crippen molar-refractivity contribution in [2.45, 2.75) is 69.9 Å². The summed E-state index contributed by atoms with van der Waals surface area (Å²) in [6.07, 6.45) is 12.5. The third-order valence-corrected chi connectivity index (χ3v) is 6.52. The molecule has 0 saturated carbocycles. The SMILES string of the molecule is Cn1cc2cc(C(=O)N[C@H](CCCCCCCC3CCc4cccnc4N3)C(=O)O)ccc2n1. The number of aryl methyl sites for hydroxylation is 2. The van der Waals surface area contributed by atoms with E-state index in [4.69, 9.17) is 0 Å². The second-order valence-corrected chi connectivity index (χ2v) is 9.18. The summed E-state index contributed by atoms with van der Waals surface area (Å²) in [4.78, 5) is 28.7. The van der Waals surface area contributed by atoms with Gasteiger partial charge < -0.3 is 15.7 Å². The van der Waals surface area contributed by atoms with Crippen molar-refractivity contribution in [1.29, 1.82) is 0 Å². The molecule has 4 rings (SSSR count). The monoisotopic (exact) mass is 463 g/mol. The van der Waals surface area contributed by atoms with Crippen molar-refractivity contribution in [1.82, 2.24) is 20.1 Å². The largest absolute Gasteiger partial charge is 0.480 e. The van der Waals surface area contributed by atoms with Gasteiger partial charge in [-0.2, -0.15) is 5.10 Å². The summed E-state index contributed by atoms with van der Waals surface area (Å²) in [6, 6.07) is 8.93. The van der Waals surface area contributed by atoms with E-state index >= 15 is 0 Å². The first kappa shape index (κ1) is 23.7. The molecule has 8 nitrogen and oxygen atoms in total. The van der Waals surface area contributed by atoms with E-state index in [9.17, 15) is 14.7 Å². The number of hydrogen-bond donors (Lipinski definition) is 3. The van der Waals surface area contributed by atoms with Gasteiger partial charge in [0, 0.05) is 36.4 Å². The molecule has 1 aliphatic heterocycles. The zero-order valence-corrected chi connectivity index (χ0v) is 19.7. The Morgan fingerprint density at radius 3 is 2.88 bits per heavy atom. The van der Waals surface area contributed by atoms with Gasteiger partial charge >= 0.3 is 5.97 Å². The van der Waals surface area contributed by atoms with Gasteiger partial charge in [0.2, 0.25) is 0 Å². The Morgan fingerprint density at radius 2 is 2.03 bits per heavy atom. The highest BCUT2D eigenvalue weighted by Gasteiger charge is 2.21. The third-order valence-electron chi connectivity index (χ3n) is 6.52. The molecule has 1 unspecified atom stereocenters. The van der Waals surface area contributed by atoms with Crippen LogP contribution in [0.2, 0.25) is 0 Å². The minimum absolute atomic E-state index is 0.366. The zero-order valence-electron chi connectivity index (χ0n) is 19.7. The van der Waals surface area contributed by atoms with Gasteiger partial charge in [-0.25, -0.2) is 9.78 Å². The lowest BCUT2D eigenvalue weighted by atomic mass is 9.96. The van der Waals surface area contributed by atoms with Gasteiger partial charge in [-0.1, -0.05) is 38.2 Å². The van der Waals surface area contributed by atoms with E-state index in [1.54, 1.807) is 22.9 Å². The molecule has 0 aliphatic carbocycles. The van der Waals surface area contributed by atoms with E-state index in [0.717, 1.165) is 68.1 Å². The Labute approximate surface area is 199 Å². The number of carbonyl (C=O) groups excluding carboxylic acids is 1. The number of amides is 1. The van der Waals surface area contributed by atoms with Crippen LogP contribution in [0.3, 0.4) is 0 Å². The van der Waals surface area contributed by atoms with E-state index in [1.165, 1.54) is 5.56 Å². The number of carboxylic acid groups (broad SMARTS) is 1. The molecule has 34 heavy (non-hydrogen) atoms. The first-order valence-electron chi connectivity index (χ1n) is 12.2. The predicted molar refractivity (Wildman–Crippen MR) is 132 cm³/mol. The minimum Gasteiger partial charge on any atom is -0.480 e. The van der Waals surface area contributed by atoms with Crippen LogP contribution in [0.1, 0.15) is 67.3 Å². The lowest BCUT2D eigenvalue weighted by molar-refractivity contribution is -0.139. The number of benzene rings is 1. The van der Waals surface area contributed by atoms with Gasteiger partial charge in [-0.15, -0.1) is 0 Å². The lowest BCUT2D eigenvalue weighted by Crippen LogP contribution is -2.40. The third kappa shape index (κ3) is 6.12. The second kappa shape index (κ2) is 11.1. The summed E-state index contributed by atoms with van der Waals surface area (Å²) in [6.45, 7) is 0. The molecule has 3 aromatic rings. The van der Waals surface area contributed by atoms with Crippen LogP contribution in [-0.2, 0) is 18.3 Å². The van der Waals surface area contributed by atoms with Crippen LogP contribution in [0.15, 0.2) is 42.7 Å². The molecule has 1 amide bonds. The summed E-state index contributed by atoms with van der Waals surface area (Å²) in [7, 11) is 1.82. The van der Waals surface area contributed by atoms with Crippen LogP contribution in [-0.4, -0.2) is 43.8 Å². The maximum Gasteiger partial charge on any atom is 0.326 e. The summed E-state index contributed by atoms with van der Waals surface area (Å²) < 4.78 is 1.69. The van der Waals surface area contributed by atoms with E-state index in [2.05, 4.69) is 26.8 Å². The average Bonchev–Trinajstić information content (AvgIpc) is 3.21. The Hall–Kier alpha value is -3.42. The molecule has 0 radical (unpaired) electrons. The van der Waals surface area contributed by atoms with E-state index in [-0.39, 0.29) is 5.91 Å². The number of anilines is 1. The second-order valence-electron chi connectivity index (χ2n) is 9.18. The van der Waals surface area contributed by atoms with Crippen LogP contribution in [0, 0.1) is 0 Å². The fourth-order valence-electron chi connectivity index (χ4n) is 4.64. The van der Waals surface area contributed by atoms with Crippen molar-refractivity contribution >= 4 is 28.6 Å². The van der Waals surface area contributed by atoms with Crippen LogP contribution in [0.4, 0.5) is 5.82 Å². The summed E-state index contributed by atoms with van der Waals surface area (Å²) in [5.41, 5.74) is 2.55.